The van der Waals surface area contributed by atoms with Gasteiger partial charge in [-0.1, -0.05) is 0 Å². The molecule has 1 fully saturated rings. The molecule has 1 aromatic carbocycles. The molecule has 0 aliphatic carbocycles. The first kappa shape index (κ1) is 17.0. The van der Waals surface area contributed by atoms with E-state index < -0.39 is 0 Å². The second kappa shape index (κ2) is 7.04. The molecule has 27 heavy (non-hydrogen) atoms. The van der Waals surface area contributed by atoms with Crippen molar-refractivity contribution in [1.82, 2.24) is 19.4 Å². The Morgan fingerprint density at radius 3 is 2.63 bits per heavy atom. The van der Waals surface area contributed by atoms with Crippen LogP contribution in [0, 0.1) is 18.3 Å². The minimum Gasteiger partial charge on any atom is -0.336 e. The lowest BCUT2D eigenvalue weighted by atomic mass is 10.1. The molecule has 1 unspecified atom stereocenters. The van der Waals surface area contributed by atoms with Crippen molar-refractivity contribution in [3.8, 4) is 17.5 Å². The maximum absolute atomic E-state index is 12.8. The molecule has 0 saturated carbocycles. The molecule has 2 aromatic heterocycles. The van der Waals surface area contributed by atoms with Crippen molar-refractivity contribution >= 4 is 5.91 Å². The Bertz CT molecular complexity index is 1000. The van der Waals surface area contributed by atoms with Crippen LogP contribution in [0.1, 0.15) is 34.1 Å². The third kappa shape index (κ3) is 3.20. The highest BCUT2D eigenvalue weighted by molar-refractivity contribution is 5.94. The number of carbonyl (C=O) groups excluding carboxylic acids is 1. The fraction of sp³-hybridized carbons (Fsp3) is 0.238. The average molecular weight is 357 g/mol. The zero-order chi connectivity index (χ0) is 18.8. The van der Waals surface area contributed by atoms with Gasteiger partial charge >= 0.3 is 0 Å². The highest BCUT2D eigenvalue weighted by Crippen LogP contribution is 2.30. The van der Waals surface area contributed by atoms with Gasteiger partial charge in [-0.25, -0.2) is 4.98 Å². The molecule has 0 bridgehead atoms. The van der Waals surface area contributed by atoms with E-state index in [-0.39, 0.29) is 11.9 Å². The molecule has 0 radical (unpaired) electrons. The van der Waals surface area contributed by atoms with Gasteiger partial charge in [0.1, 0.15) is 5.82 Å². The fourth-order valence-corrected chi connectivity index (χ4v) is 3.63. The Morgan fingerprint density at radius 2 is 1.93 bits per heavy atom. The Morgan fingerprint density at radius 1 is 1.19 bits per heavy atom. The second-order valence-electron chi connectivity index (χ2n) is 6.71. The summed E-state index contributed by atoms with van der Waals surface area (Å²) >= 11 is 0. The van der Waals surface area contributed by atoms with Crippen molar-refractivity contribution in [2.75, 3.05) is 13.1 Å². The molecular formula is C21H19N5O. The van der Waals surface area contributed by atoms with E-state index in [4.69, 9.17) is 5.26 Å². The number of imidazole rings is 1. The molecule has 1 aliphatic rings. The summed E-state index contributed by atoms with van der Waals surface area (Å²) in [5, 5.41) is 8.91. The quantitative estimate of drug-likeness (QED) is 0.721. The summed E-state index contributed by atoms with van der Waals surface area (Å²) in [5.74, 6) is 0.915. The normalized spacial score (nSPS) is 16.3. The minimum atomic E-state index is 0.00483. The summed E-state index contributed by atoms with van der Waals surface area (Å²) in [7, 11) is 0. The summed E-state index contributed by atoms with van der Waals surface area (Å²) in [5.41, 5.74) is 3.28. The number of carbonyl (C=O) groups is 1. The number of likely N-dealkylation sites (tertiary alicyclic amines) is 1. The molecule has 1 saturated heterocycles. The van der Waals surface area contributed by atoms with Crippen LogP contribution in [0.15, 0.2) is 55.0 Å². The van der Waals surface area contributed by atoms with Gasteiger partial charge in [0.15, 0.2) is 0 Å². The molecular weight excluding hydrogens is 338 g/mol. The minimum absolute atomic E-state index is 0.00483. The number of hydrogen-bond acceptors (Lipinski definition) is 4. The number of pyridine rings is 1. The third-order valence-electron chi connectivity index (χ3n) is 5.00. The van der Waals surface area contributed by atoms with Gasteiger partial charge in [0.05, 0.1) is 17.7 Å². The van der Waals surface area contributed by atoms with Crippen molar-refractivity contribution in [3.05, 3.63) is 71.8 Å². The molecule has 0 N–H and O–H groups in total. The van der Waals surface area contributed by atoms with Crippen LogP contribution in [0.5, 0.6) is 0 Å². The van der Waals surface area contributed by atoms with Gasteiger partial charge in [-0.2, -0.15) is 5.26 Å². The van der Waals surface area contributed by atoms with Crippen LogP contribution in [0.4, 0.5) is 0 Å². The molecule has 1 aliphatic heterocycles. The van der Waals surface area contributed by atoms with Crippen molar-refractivity contribution in [2.24, 2.45) is 0 Å². The topological polar surface area (TPSA) is 74.8 Å². The van der Waals surface area contributed by atoms with Crippen LogP contribution >= 0.6 is 0 Å². The maximum atomic E-state index is 12.8. The summed E-state index contributed by atoms with van der Waals surface area (Å²) < 4.78 is 2.22. The standard InChI is InChI=1S/C21H19N5O/c1-15-13-24-20(17-6-9-23-10-7-17)26(15)19-8-11-25(14-19)21(27)18-4-2-16(12-22)3-5-18/h2-7,9-10,13,19H,8,11,14H2,1H3. The van der Waals surface area contributed by atoms with Gasteiger partial charge in [0.2, 0.25) is 0 Å². The van der Waals surface area contributed by atoms with E-state index in [9.17, 15) is 4.79 Å². The van der Waals surface area contributed by atoms with E-state index >= 15 is 0 Å². The second-order valence-corrected chi connectivity index (χ2v) is 6.71. The highest BCUT2D eigenvalue weighted by atomic mass is 16.2. The van der Waals surface area contributed by atoms with Crippen LogP contribution in [0.2, 0.25) is 0 Å². The number of amides is 1. The zero-order valence-corrected chi connectivity index (χ0v) is 15.0. The van der Waals surface area contributed by atoms with Crippen LogP contribution in [0.3, 0.4) is 0 Å². The number of rotatable bonds is 3. The molecule has 1 amide bonds. The number of nitrogens with zero attached hydrogens (tertiary/aromatic N) is 5. The van der Waals surface area contributed by atoms with Crippen LogP contribution < -0.4 is 0 Å². The zero-order valence-electron chi connectivity index (χ0n) is 15.0. The molecule has 1 atom stereocenters. The third-order valence-corrected chi connectivity index (χ3v) is 5.00. The maximum Gasteiger partial charge on any atom is 0.253 e. The molecule has 3 aromatic rings. The van der Waals surface area contributed by atoms with E-state index in [0.717, 1.165) is 23.5 Å². The van der Waals surface area contributed by atoms with Crippen LogP contribution in [-0.2, 0) is 0 Å². The lowest BCUT2D eigenvalue weighted by Crippen LogP contribution is -2.29. The summed E-state index contributed by atoms with van der Waals surface area (Å²) in [6.45, 7) is 3.40. The summed E-state index contributed by atoms with van der Waals surface area (Å²) in [6.07, 6.45) is 6.29. The van der Waals surface area contributed by atoms with E-state index in [1.165, 1.54) is 0 Å². The van der Waals surface area contributed by atoms with Gasteiger partial charge in [0.25, 0.3) is 5.91 Å². The van der Waals surface area contributed by atoms with Crippen LogP contribution in [-0.4, -0.2) is 38.4 Å². The Hall–Kier alpha value is -3.46. The van der Waals surface area contributed by atoms with Crippen molar-refractivity contribution < 1.29 is 4.79 Å². The van der Waals surface area contributed by atoms with E-state index in [2.05, 4.69) is 20.6 Å². The van der Waals surface area contributed by atoms with Gasteiger partial charge in [0, 0.05) is 48.5 Å². The molecule has 6 nitrogen and oxygen atoms in total. The first-order chi connectivity index (χ1) is 13.2. The Balaban J connectivity index is 1.56. The van der Waals surface area contributed by atoms with E-state index in [1.807, 2.05) is 30.2 Å². The van der Waals surface area contributed by atoms with Gasteiger partial charge in [-0.15, -0.1) is 0 Å². The predicted molar refractivity (Wildman–Crippen MR) is 101 cm³/mol. The molecule has 0 spiro atoms. The number of aromatic nitrogens is 3. The van der Waals surface area contributed by atoms with Crippen molar-refractivity contribution in [2.45, 2.75) is 19.4 Å². The fourth-order valence-electron chi connectivity index (χ4n) is 3.63. The molecule has 4 rings (SSSR count). The summed E-state index contributed by atoms with van der Waals surface area (Å²) in [6, 6.07) is 13.0. The molecule has 134 valence electrons. The number of aryl methyl sites for hydroxylation is 1. The van der Waals surface area contributed by atoms with Crippen LogP contribution in [0.25, 0.3) is 11.4 Å². The number of hydrogen-bond donors (Lipinski definition) is 0. The Kier molecular flexibility index (Phi) is 4.43. The highest BCUT2D eigenvalue weighted by Gasteiger charge is 2.30. The smallest absolute Gasteiger partial charge is 0.253 e. The lowest BCUT2D eigenvalue weighted by Gasteiger charge is -2.20. The summed E-state index contributed by atoms with van der Waals surface area (Å²) in [4.78, 5) is 23.3. The first-order valence-electron chi connectivity index (χ1n) is 8.91. The number of benzene rings is 1. The lowest BCUT2D eigenvalue weighted by molar-refractivity contribution is 0.0787. The van der Waals surface area contributed by atoms with Gasteiger partial charge < -0.3 is 9.47 Å². The van der Waals surface area contributed by atoms with Gasteiger partial charge in [-0.05, 0) is 49.7 Å². The predicted octanol–water partition coefficient (Wildman–Crippen LogP) is 3.21. The monoisotopic (exact) mass is 357 g/mol. The van der Waals surface area contributed by atoms with E-state index in [0.29, 0.717) is 24.2 Å². The van der Waals surface area contributed by atoms with E-state index in [1.54, 1.807) is 36.7 Å². The SMILES string of the molecule is Cc1cnc(-c2ccncc2)n1C1CCN(C(=O)c2ccc(C#N)cc2)C1. The van der Waals surface area contributed by atoms with Crippen molar-refractivity contribution in [3.63, 3.8) is 0 Å². The Labute approximate surface area is 157 Å². The number of nitriles is 1. The largest absolute Gasteiger partial charge is 0.336 e. The molecule has 3 heterocycles. The first-order valence-corrected chi connectivity index (χ1v) is 8.91. The average Bonchev–Trinajstić information content (AvgIpc) is 3.34. The van der Waals surface area contributed by atoms with Crippen molar-refractivity contribution in [1.29, 1.82) is 5.26 Å². The molecule has 6 heteroatoms. The van der Waals surface area contributed by atoms with Gasteiger partial charge in [-0.3, -0.25) is 9.78 Å².